The number of carboxylic acid groups (broad SMARTS) is 1. The van der Waals surface area contributed by atoms with Crippen LogP contribution in [0.2, 0.25) is 0 Å². The molecule has 0 aliphatic carbocycles. The molecule has 3 heterocycles. The molecule has 3 rings (SSSR count). The van der Waals surface area contributed by atoms with Gasteiger partial charge in [0.2, 0.25) is 5.95 Å². The number of anilines is 1. The van der Waals surface area contributed by atoms with E-state index in [4.69, 9.17) is 0 Å². The normalized spacial score (nSPS) is 21.1. The van der Waals surface area contributed by atoms with E-state index in [9.17, 15) is 9.90 Å². The molecule has 1 atom stereocenters. The molecular weight excluding hydrogens is 294 g/mol. The number of aryl methyl sites for hydroxylation is 1. The molecule has 0 radical (unpaired) electrons. The van der Waals surface area contributed by atoms with Gasteiger partial charge in [0.15, 0.2) is 0 Å². The van der Waals surface area contributed by atoms with Gasteiger partial charge in [-0.1, -0.05) is 13.8 Å². The Morgan fingerprint density at radius 2 is 2.13 bits per heavy atom. The van der Waals surface area contributed by atoms with Crippen molar-refractivity contribution in [3.63, 3.8) is 0 Å². The number of carbonyl (C=O) groups is 1. The quantitative estimate of drug-likeness (QED) is 0.926. The summed E-state index contributed by atoms with van der Waals surface area (Å²) in [5.74, 6) is -0.101. The second-order valence-corrected chi connectivity index (χ2v) is 6.37. The summed E-state index contributed by atoms with van der Waals surface area (Å²) in [5, 5.41) is 13.8. The van der Waals surface area contributed by atoms with Gasteiger partial charge in [0.25, 0.3) is 0 Å². The molecule has 2 aromatic heterocycles. The lowest BCUT2D eigenvalue weighted by molar-refractivity contribution is -0.150. The number of rotatable bonds is 4. The lowest BCUT2D eigenvalue weighted by atomic mass is 9.76. The van der Waals surface area contributed by atoms with Crippen molar-refractivity contribution >= 4 is 11.9 Å². The summed E-state index contributed by atoms with van der Waals surface area (Å²) in [6.45, 7) is 5.02. The van der Waals surface area contributed by atoms with Gasteiger partial charge in [0.1, 0.15) is 0 Å². The van der Waals surface area contributed by atoms with Crippen molar-refractivity contribution in [1.29, 1.82) is 0 Å². The lowest BCUT2D eigenvalue weighted by Gasteiger charge is -2.28. The second-order valence-electron chi connectivity index (χ2n) is 6.37. The average Bonchev–Trinajstić information content (AvgIpc) is 3.14. The summed E-state index contributed by atoms with van der Waals surface area (Å²) >= 11 is 0. The van der Waals surface area contributed by atoms with Gasteiger partial charge in [0.05, 0.1) is 16.8 Å². The number of aromatic nitrogens is 4. The largest absolute Gasteiger partial charge is 0.481 e. The Kier molecular flexibility index (Phi) is 3.79. The predicted molar refractivity (Wildman–Crippen MR) is 86.0 cm³/mol. The minimum atomic E-state index is -0.738. The zero-order chi connectivity index (χ0) is 16.6. The Morgan fingerprint density at radius 3 is 2.70 bits per heavy atom. The summed E-state index contributed by atoms with van der Waals surface area (Å²) in [7, 11) is 1.86. The van der Waals surface area contributed by atoms with Gasteiger partial charge in [-0.3, -0.25) is 9.48 Å². The molecule has 1 fully saturated rings. The Bertz CT molecular complexity index is 727. The van der Waals surface area contributed by atoms with Gasteiger partial charge in [-0.15, -0.1) is 0 Å². The van der Waals surface area contributed by atoms with Gasteiger partial charge >= 0.3 is 5.97 Å². The highest BCUT2D eigenvalue weighted by Gasteiger charge is 2.47. The van der Waals surface area contributed by atoms with Crippen LogP contribution in [-0.2, 0) is 11.8 Å². The number of hydrogen-bond acceptors (Lipinski definition) is 5. The molecule has 1 aliphatic heterocycles. The molecule has 1 aliphatic rings. The van der Waals surface area contributed by atoms with Gasteiger partial charge < -0.3 is 10.0 Å². The van der Waals surface area contributed by atoms with E-state index >= 15 is 0 Å². The van der Waals surface area contributed by atoms with E-state index in [2.05, 4.69) is 15.1 Å². The summed E-state index contributed by atoms with van der Waals surface area (Å²) in [6.07, 6.45) is 4.04. The number of carboxylic acids is 1. The zero-order valence-corrected chi connectivity index (χ0v) is 13.6. The minimum absolute atomic E-state index is 0.0604. The molecule has 2 aromatic rings. The van der Waals surface area contributed by atoms with Crippen molar-refractivity contribution in [1.82, 2.24) is 19.7 Å². The maximum absolute atomic E-state index is 11.8. The van der Waals surface area contributed by atoms with Gasteiger partial charge in [0, 0.05) is 32.5 Å². The molecule has 7 heteroatoms. The fourth-order valence-corrected chi connectivity index (χ4v) is 3.17. The first-order valence-corrected chi connectivity index (χ1v) is 7.74. The van der Waals surface area contributed by atoms with Gasteiger partial charge in [-0.25, -0.2) is 9.97 Å². The van der Waals surface area contributed by atoms with Gasteiger partial charge in [-0.2, -0.15) is 5.10 Å². The van der Waals surface area contributed by atoms with Crippen LogP contribution in [0, 0.1) is 11.3 Å². The Labute approximate surface area is 135 Å². The molecule has 0 amide bonds. The molecule has 0 bridgehead atoms. The van der Waals surface area contributed by atoms with Crippen molar-refractivity contribution in [2.45, 2.75) is 20.3 Å². The van der Waals surface area contributed by atoms with E-state index in [1.165, 1.54) is 0 Å². The van der Waals surface area contributed by atoms with Crippen LogP contribution in [0.15, 0.2) is 24.5 Å². The maximum Gasteiger partial charge on any atom is 0.311 e. The van der Waals surface area contributed by atoms with Crippen LogP contribution in [0.3, 0.4) is 0 Å². The topological polar surface area (TPSA) is 84.1 Å². The fraction of sp³-hybridized carbons (Fsp3) is 0.500. The number of hydrogen-bond donors (Lipinski definition) is 1. The SMILES string of the molecule is CC(C)C1(C(=O)O)CCN(c2nccc(-c3ccnn3C)n2)C1. The zero-order valence-electron chi connectivity index (χ0n) is 13.6. The van der Waals surface area contributed by atoms with E-state index in [1.807, 2.05) is 37.9 Å². The van der Waals surface area contributed by atoms with Crippen molar-refractivity contribution in [3.05, 3.63) is 24.5 Å². The number of nitrogens with zero attached hydrogens (tertiary/aromatic N) is 5. The fourth-order valence-electron chi connectivity index (χ4n) is 3.17. The third kappa shape index (κ3) is 2.56. The van der Waals surface area contributed by atoms with Crippen LogP contribution in [0.4, 0.5) is 5.95 Å². The Balaban J connectivity index is 1.89. The summed E-state index contributed by atoms with van der Waals surface area (Å²) < 4.78 is 1.76. The molecule has 1 saturated heterocycles. The Morgan fingerprint density at radius 1 is 1.35 bits per heavy atom. The van der Waals surface area contributed by atoms with Crippen molar-refractivity contribution in [2.24, 2.45) is 18.4 Å². The van der Waals surface area contributed by atoms with Crippen molar-refractivity contribution in [3.8, 4) is 11.4 Å². The third-order valence-corrected chi connectivity index (χ3v) is 4.84. The second kappa shape index (κ2) is 5.64. The summed E-state index contributed by atoms with van der Waals surface area (Å²) in [5.41, 5.74) is 0.958. The molecule has 0 saturated carbocycles. The third-order valence-electron chi connectivity index (χ3n) is 4.84. The highest BCUT2D eigenvalue weighted by Crippen LogP contribution is 2.39. The van der Waals surface area contributed by atoms with Crippen LogP contribution >= 0.6 is 0 Å². The number of aliphatic carboxylic acids is 1. The molecular formula is C16H21N5O2. The molecule has 1 N–H and O–H groups in total. The van der Waals surface area contributed by atoms with Crippen LogP contribution in [0.1, 0.15) is 20.3 Å². The van der Waals surface area contributed by atoms with E-state index in [1.54, 1.807) is 17.1 Å². The van der Waals surface area contributed by atoms with Crippen molar-refractivity contribution < 1.29 is 9.90 Å². The lowest BCUT2D eigenvalue weighted by Crippen LogP contribution is -2.39. The smallest absolute Gasteiger partial charge is 0.311 e. The molecule has 0 spiro atoms. The van der Waals surface area contributed by atoms with Gasteiger partial charge in [-0.05, 0) is 24.5 Å². The average molecular weight is 315 g/mol. The highest BCUT2D eigenvalue weighted by atomic mass is 16.4. The Hall–Kier alpha value is -2.44. The molecule has 7 nitrogen and oxygen atoms in total. The van der Waals surface area contributed by atoms with E-state index in [-0.39, 0.29) is 5.92 Å². The van der Waals surface area contributed by atoms with Crippen LogP contribution in [-0.4, -0.2) is 43.9 Å². The van der Waals surface area contributed by atoms with Crippen LogP contribution in [0.5, 0.6) is 0 Å². The van der Waals surface area contributed by atoms with Crippen LogP contribution in [0.25, 0.3) is 11.4 Å². The minimum Gasteiger partial charge on any atom is -0.481 e. The molecule has 23 heavy (non-hydrogen) atoms. The molecule has 0 aromatic carbocycles. The van der Waals surface area contributed by atoms with E-state index < -0.39 is 11.4 Å². The van der Waals surface area contributed by atoms with E-state index in [0.717, 1.165) is 11.4 Å². The first kappa shape index (κ1) is 15.5. The first-order valence-electron chi connectivity index (χ1n) is 7.74. The highest BCUT2D eigenvalue weighted by molar-refractivity contribution is 5.77. The van der Waals surface area contributed by atoms with Crippen molar-refractivity contribution in [2.75, 3.05) is 18.0 Å². The molecule has 122 valence electrons. The molecule has 1 unspecified atom stereocenters. The maximum atomic E-state index is 11.8. The monoisotopic (exact) mass is 315 g/mol. The summed E-state index contributed by atoms with van der Waals surface area (Å²) in [4.78, 5) is 22.7. The predicted octanol–water partition coefficient (Wildman–Crippen LogP) is 1.81. The summed E-state index contributed by atoms with van der Waals surface area (Å²) in [6, 6.07) is 3.73. The van der Waals surface area contributed by atoms with E-state index in [0.29, 0.717) is 25.5 Å². The standard InChI is InChI=1S/C16H21N5O2/c1-11(2)16(14(22)23)6-9-21(10-16)15-17-7-4-12(19-15)13-5-8-18-20(13)3/h4-5,7-8,11H,6,9-10H2,1-3H3,(H,22,23). The van der Waals surface area contributed by atoms with Crippen LogP contribution < -0.4 is 4.90 Å². The first-order chi connectivity index (χ1) is 10.9.